The first kappa shape index (κ1) is 13.7. The molecular formula is C10H11BrClF2NO. The molecule has 1 aromatic carbocycles. The van der Waals surface area contributed by atoms with Gasteiger partial charge in [-0.2, -0.15) is 0 Å². The van der Waals surface area contributed by atoms with E-state index in [1.807, 2.05) is 0 Å². The van der Waals surface area contributed by atoms with Crippen LogP contribution in [0.25, 0.3) is 0 Å². The molecule has 6 heteroatoms. The van der Waals surface area contributed by atoms with Crippen LogP contribution in [0.5, 0.6) is 5.75 Å². The summed E-state index contributed by atoms with van der Waals surface area (Å²) >= 11 is 2.89. The van der Waals surface area contributed by atoms with Crippen LogP contribution >= 0.6 is 28.3 Å². The Bertz CT molecular complexity index is 399. The van der Waals surface area contributed by atoms with Crippen LogP contribution in [0.2, 0.25) is 0 Å². The number of nitrogens with two attached hydrogens (primary N) is 1. The van der Waals surface area contributed by atoms with Gasteiger partial charge in [-0.3, -0.25) is 0 Å². The summed E-state index contributed by atoms with van der Waals surface area (Å²) in [4.78, 5) is 0. The molecule has 0 spiro atoms. The smallest absolute Gasteiger partial charge is 0.166 e. The summed E-state index contributed by atoms with van der Waals surface area (Å²) in [6.45, 7) is 0.227. The molecule has 0 saturated heterocycles. The Morgan fingerprint density at radius 1 is 1.31 bits per heavy atom. The van der Waals surface area contributed by atoms with Gasteiger partial charge in [0.15, 0.2) is 11.6 Å². The lowest BCUT2D eigenvalue weighted by atomic mass is 10.3. The van der Waals surface area contributed by atoms with Crippen LogP contribution in [0, 0.1) is 11.6 Å². The lowest BCUT2D eigenvalue weighted by Gasteiger charge is -2.12. The standard InChI is InChI=1S/C10H10BrF2NO.ClH/c11-6-3-8(13)9(4-7(6)12)15-5-10(14)1-2-10;/h3-4H,1-2,5,14H2;1H. The van der Waals surface area contributed by atoms with Gasteiger partial charge >= 0.3 is 0 Å². The van der Waals surface area contributed by atoms with Crippen molar-refractivity contribution in [3.05, 3.63) is 28.2 Å². The summed E-state index contributed by atoms with van der Waals surface area (Å²) < 4.78 is 31.6. The molecule has 1 fully saturated rings. The van der Waals surface area contributed by atoms with E-state index in [2.05, 4.69) is 15.9 Å². The van der Waals surface area contributed by atoms with Crippen molar-refractivity contribution in [2.75, 3.05) is 6.61 Å². The highest BCUT2D eigenvalue weighted by Crippen LogP contribution is 2.33. The van der Waals surface area contributed by atoms with Gasteiger partial charge in [-0.1, -0.05) is 0 Å². The predicted molar refractivity (Wildman–Crippen MR) is 63.0 cm³/mol. The van der Waals surface area contributed by atoms with Crippen LogP contribution < -0.4 is 10.5 Å². The molecule has 2 rings (SSSR count). The van der Waals surface area contributed by atoms with Crippen molar-refractivity contribution in [2.45, 2.75) is 18.4 Å². The molecule has 16 heavy (non-hydrogen) atoms. The van der Waals surface area contributed by atoms with Gasteiger partial charge in [0.05, 0.1) is 10.0 Å². The van der Waals surface area contributed by atoms with Crippen LogP contribution in [0.3, 0.4) is 0 Å². The number of rotatable bonds is 3. The number of hydrogen-bond acceptors (Lipinski definition) is 2. The Morgan fingerprint density at radius 3 is 2.50 bits per heavy atom. The van der Waals surface area contributed by atoms with Crippen molar-refractivity contribution in [3.8, 4) is 5.75 Å². The molecule has 2 nitrogen and oxygen atoms in total. The molecule has 0 aliphatic heterocycles. The van der Waals surface area contributed by atoms with Crippen molar-refractivity contribution in [3.63, 3.8) is 0 Å². The predicted octanol–water partition coefficient (Wildman–Crippen LogP) is 3.02. The molecule has 0 atom stereocenters. The third-order valence-electron chi connectivity index (χ3n) is 2.38. The van der Waals surface area contributed by atoms with Crippen LogP contribution in [-0.4, -0.2) is 12.1 Å². The first-order chi connectivity index (χ1) is 7.00. The van der Waals surface area contributed by atoms with Gasteiger partial charge in [-0.15, -0.1) is 12.4 Å². The van der Waals surface area contributed by atoms with Crippen molar-refractivity contribution in [1.29, 1.82) is 0 Å². The summed E-state index contributed by atoms with van der Waals surface area (Å²) in [5, 5.41) is 0. The second kappa shape index (κ2) is 4.85. The second-order valence-corrected chi connectivity index (χ2v) is 4.70. The van der Waals surface area contributed by atoms with E-state index in [1.54, 1.807) is 0 Å². The zero-order valence-electron chi connectivity index (χ0n) is 8.30. The normalized spacial score (nSPS) is 16.5. The first-order valence-electron chi connectivity index (χ1n) is 4.56. The topological polar surface area (TPSA) is 35.2 Å². The molecule has 0 radical (unpaired) electrons. The molecule has 1 aromatic rings. The maximum absolute atomic E-state index is 13.3. The molecule has 0 aromatic heterocycles. The summed E-state index contributed by atoms with van der Waals surface area (Å²) in [5.41, 5.74) is 5.42. The monoisotopic (exact) mass is 313 g/mol. The third-order valence-corrected chi connectivity index (χ3v) is 2.99. The van der Waals surface area contributed by atoms with Gasteiger partial charge in [-0.25, -0.2) is 8.78 Å². The van der Waals surface area contributed by atoms with Crippen LogP contribution in [0.15, 0.2) is 16.6 Å². The largest absolute Gasteiger partial charge is 0.488 e. The van der Waals surface area contributed by atoms with Crippen molar-refractivity contribution in [1.82, 2.24) is 0 Å². The molecular weight excluding hydrogens is 303 g/mol. The van der Waals surface area contributed by atoms with Crippen molar-refractivity contribution >= 4 is 28.3 Å². The van der Waals surface area contributed by atoms with Crippen LogP contribution in [-0.2, 0) is 0 Å². The van der Waals surface area contributed by atoms with Crippen molar-refractivity contribution in [2.24, 2.45) is 5.73 Å². The van der Waals surface area contributed by atoms with E-state index < -0.39 is 11.6 Å². The fourth-order valence-corrected chi connectivity index (χ4v) is 1.46. The SMILES string of the molecule is Cl.NC1(COc2cc(F)c(Br)cc2F)CC1. The number of benzene rings is 1. The summed E-state index contributed by atoms with van der Waals surface area (Å²) in [6.07, 6.45) is 1.74. The van der Waals surface area contributed by atoms with E-state index >= 15 is 0 Å². The van der Waals surface area contributed by atoms with Gasteiger partial charge in [0.25, 0.3) is 0 Å². The zero-order chi connectivity index (χ0) is 11.1. The third kappa shape index (κ3) is 3.06. The van der Waals surface area contributed by atoms with Crippen molar-refractivity contribution < 1.29 is 13.5 Å². The Labute approximate surface area is 107 Å². The molecule has 0 bridgehead atoms. The number of hydrogen-bond donors (Lipinski definition) is 1. The lowest BCUT2D eigenvalue weighted by Crippen LogP contribution is -2.30. The minimum Gasteiger partial charge on any atom is -0.488 e. The average molecular weight is 315 g/mol. The van der Waals surface area contributed by atoms with E-state index in [1.165, 1.54) is 0 Å². The molecule has 2 N–H and O–H groups in total. The zero-order valence-corrected chi connectivity index (χ0v) is 10.7. The summed E-state index contributed by atoms with van der Waals surface area (Å²) in [5.74, 6) is -1.23. The summed E-state index contributed by atoms with van der Waals surface area (Å²) in [7, 11) is 0. The molecule has 0 unspecified atom stereocenters. The van der Waals surface area contributed by atoms with Gasteiger partial charge in [0.1, 0.15) is 12.4 Å². The number of halogens is 4. The molecule has 1 aliphatic carbocycles. The van der Waals surface area contributed by atoms with Crippen LogP contribution in [0.4, 0.5) is 8.78 Å². The average Bonchev–Trinajstić information content (AvgIpc) is 2.89. The van der Waals surface area contributed by atoms with E-state index in [0.717, 1.165) is 25.0 Å². The Balaban J connectivity index is 0.00000128. The second-order valence-electron chi connectivity index (χ2n) is 3.85. The molecule has 1 saturated carbocycles. The first-order valence-corrected chi connectivity index (χ1v) is 5.36. The molecule has 90 valence electrons. The minimum absolute atomic E-state index is 0. The fourth-order valence-electron chi connectivity index (χ4n) is 1.14. The highest BCUT2D eigenvalue weighted by Gasteiger charge is 2.39. The van der Waals surface area contributed by atoms with Gasteiger partial charge < -0.3 is 10.5 Å². The molecule has 0 amide bonds. The highest BCUT2D eigenvalue weighted by molar-refractivity contribution is 9.10. The Morgan fingerprint density at radius 2 is 1.94 bits per heavy atom. The quantitative estimate of drug-likeness (QED) is 0.871. The minimum atomic E-state index is -0.590. The van der Waals surface area contributed by atoms with Gasteiger partial charge in [0, 0.05) is 6.07 Å². The lowest BCUT2D eigenvalue weighted by molar-refractivity contribution is 0.265. The van der Waals surface area contributed by atoms with Crippen LogP contribution in [0.1, 0.15) is 12.8 Å². The van der Waals surface area contributed by atoms with Gasteiger partial charge in [0.2, 0.25) is 0 Å². The van der Waals surface area contributed by atoms with E-state index in [-0.39, 0.29) is 34.8 Å². The maximum atomic E-state index is 13.3. The fraction of sp³-hybridized carbons (Fsp3) is 0.400. The summed E-state index contributed by atoms with van der Waals surface area (Å²) in [6, 6.07) is 2.06. The Hall–Kier alpha value is -0.390. The van der Waals surface area contributed by atoms with Gasteiger partial charge in [-0.05, 0) is 34.8 Å². The Kier molecular flexibility index (Phi) is 4.15. The molecule has 1 aliphatic rings. The van der Waals surface area contributed by atoms with E-state index in [0.29, 0.717) is 0 Å². The highest BCUT2D eigenvalue weighted by atomic mass is 79.9. The molecule has 0 heterocycles. The van der Waals surface area contributed by atoms with E-state index in [9.17, 15) is 8.78 Å². The van der Waals surface area contributed by atoms with E-state index in [4.69, 9.17) is 10.5 Å². The number of ether oxygens (including phenoxy) is 1. The maximum Gasteiger partial charge on any atom is 0.166 e.